The van der Waals surface area contributed by atoms with Gasteiger partial charge in [-0.1, -0.05) is 26.7 Å². The molecule has 0 aromatic heterocycles. The first-order valence-electron chi connectivity index (χ1n) is 4.76. The van der Waals surface area contributed by atoms with Crippen LogP contribution < -0.4 is 11.5 Å². The van der Waals surface area contributed by atoms with Crippen LogP contribution in [-0.4, -0.2) is 12.5 Å². The molecule has 0 fully saturated rings. The van der Waals surface area contributed by atoms with Crippen LogP contribution in [0.15, 0.2) is 4.99 Å². The standard InChI is InChI=1S/C9H21N3/c1-3-5-8(6-4-2)7-12-9(10)11/h8H,3-7H2,1-2H3,(H4,10,11,12). The molecule has 0 aromatic rings. The Bertz CT molecular complexity index is 122. The van der Waals surface area contributed by atoms with Crippen LogP contribution in [0.5, 0.6) is 0 Å². The van der Waals surface area contributed by atoms with Gasteiger partial charge in [-0.3, -0.25) is 4.99 Å². The van der Waals surface area contributed by atoms with Gasteiger partial charge in [0.2, 0.25) is 0 Å². The highest BCUT2D eigenvalue weighted by Gasteiger charge is 2.04. The van der Waals surface area contributed by atoms with E-state index in [4.69, 9.17) is 11.5 Å². The SMILES string of the molecule is CCCC(CCC)CN=C(N)N. The summed E-state index contributed by atoms with van der Waals surface area (Å²) in [6.45, 7) is 5.18. The second-order valence-corrected chi connectivity index (χ2v) is 3.21. The van der Waals surface area contributed by atoms with E-state index >= 15 is 0 Å². The van der Waals surface area contributed by atoms with E-state index in [1.165, 1.54) is 25.7 Å². The summed E-state index contributed by atoms with van der Waals surface area (Å²) >= 11 is 0. The van der Waals surface area contributed by atoms with Crippen LogP contribution in [0, 0.1) is 5.92 Å². The van der Waals surface area contributed by atoms with Gasteiger partial charge in [0.15, 0.2) is 5.96 Å². The summed E-state index contributed by atoms with van der Waals surface area (Å²) < 4.78 is 0. The third-order valence-electron chi connectivity index (χ3n) is 1.93. The minimum absolute atomic E-state index is 0.215. The van der Waals surface area contributed by atoms with Crippen molar-refractivity contribution in [1.29, 1.82) is 0 Å². The van der Waals surface area contributed by atoms with Crippen LogP contribution in [-0.2, 0) is 0 Å². The molecule has 0 aromatic carbocycles. The molecule has 3 nitrogen and oxygen atoms in total. The lowest BCUT2D eigenvalue weighted by molar-refractivity contribution is 0.451. The summed E-state index contributed by atoms with van der Waals surface area (Å²) in [6.07, 6.45) is 4.88. The van der Waals surface area contributed by atoms with Gasteiger partial charge in [0.25, 0.3) is 0 Å². The highest BCUT2D eigenvalue weighted by Crippen LogP contribution is 2.13. The smallest absolute Gasteiger partial charge is 0.185 e. The summed E-state index contributed by atoms with van der Waals surface area (Å²) in [5.74, 6) is 0.884. The molecule has 0 heterocycles. The molecule has 0 aliphatic rings. The van der Waals surface area contributed by atoms with Crippen LogP contribution >= 0.6 is 0 Å². The molecule has 0 amide bonds. The zero-order valence-corrected chi connectivity index (χ0v) is 8.21. The van der Waals surface area contributed by atoms with E-state index in [-0.39, 0.29) is 5.96 Å². The van der Waals surface area contributed by atoms with Crippen LogP contribution in [0.3, 0.4) is 0 Å². The minimum Gasteiger partial charge on any atom is -0.370 e. The highest BCUT2D eigenvalue weighted by atomic mass is 15.0. The molecule has 72 valence electrons. The van der Waals surface area contributed by atoms with Crippen molar-refractivity contribution in [1.82, 2.24) is 0 Å². The number of aliphatic imine (C=N–C) groups is 1. The number of rotatable bonds is 6. The largest absolute Gasteiger partial charge is 0.370 e. The van der Waals surface area contributed by atoms with Gasteiger partial charge >= 0.3 is 0 Å². The highest BCUT2D eigenvalue weighted by molar-refractivity contribution is 5.75. The molecule has 0 rings (SSSR count). The monoisotopic (exact) mass is 171 g/mol. The summed E-state index contributed by atoms with van der Waals surface area (Å²) in [5.41, 5.74) is 10.5. The van der Waals surface area contributed by atoms with Crippen molar-refractivity contribution in [2.24, 2.45) is 22.4 Å². The van der Waals surface area contributed by atoms with Gasteiger partial charge in [0, 0.05) is 6.54 Å². The predicted molar refractivity (Wildman–Crippen MR) is 54.0 cm³/mol. The van der Waals surface area contributed by atoms with E-state index in [1.807, 2.05) is 0 Å². The van der Waals surface area contributed by atoms with Gasteiger partial charge in [-0.25, -0.2) is 0 Å². The Morgan fingerprint density at radius 1 is 1.17 bits per heavy atom. The first kappa shape index (κ1) is 11.3. The minimum atomic E-state index is 0.215. The molecule has 0 spiro atoms. The topological polar surface area (TPSA) is 64.4 Å². The lowest BCUT2D eigenvalue weighted by Gasteiger charge is -2.11. The number of nitrogens with zero attached hydrogens (tertiary/aromatic N) is 1. The molecule has 0 bridgehead atoms. The van der Waals surface area contributed by atoms with Crippen molar-refractivity contribution in [3.05, 3.63) is 0 Å². The molecule has 3 heteroatoms. The number of guanidine groups is 1. The normalized spacial score (nSPS) is 10.2. The molecule has 4 N–H and O–H groups in total. The van der Waals surface area contributed by atoms with Crippen molar-refractivity contribution < 1.29 is 0 Å². The third-order valence-corrected chi connectivity index (χ3v) is 1.93. The molecule has 0 saturated heterocycles. The van der Waals surface area contributed by atoms with Crippen molar-refractivity contribution in [2.75, 3.05) is 6.54 Å². The maximum Gasteiger partial charge on any atom is 0.185 e. The lowest BCUT2D eigenvalue weighted by Crippen LogP contribution is -2.24. The number of hydrogen-bond acceptors (Lipinski definition) is 1. The molecule has 0 aliphatic carbocycles. The van der Waals surface area contributed by atoms with Crippen LogP contribution in [0.1, 0.15) is 39.5 Å². The van der Waals surface area contributed by atoms with Crippen molar-refractivity contribution in [3.8, 4) is 0 Å². The molecule has 0 unspecified atom stereocenters. The Morgan fingerprint density at radius 2 is 1.67 bits per heavy atom. The Morgan fingerprint density at radius 3 is 2.00 bits per heavy atom. The van der Waals surface area contributed by atoms with E-state index < -0.39 is 0 Å². The molecular weight excluding hydrogens is 150 g/mol. The van der Waals surface area contributed by atoms with E-state index in [0.29, 0.717) is 5.92 Å². The Hall–Kier alpha value is -0.730. The zero-order chi connectivity index (χ0) is 9.40. The third kappa shape index (κ3) is 6.01. The fourth-order valence-electron chi connectivity index (χ4n) is 1.38. The Balaban J connectivity index is 3.69. The molecule has 0 aliphatic heterocycles. The fourth-order valence-corrected chi connectivity index (χ4v) is 1.38. The van der Waals surface area contributed by atoms with Crippen LogP contribution in [0.2, 0.25) is 0 Å². The zero-order valence-electron chi connectivity index (χ0n) is 8.21. The van der Waals surface area contributed by atoms with Crippen molar-refractivity contribution >= 4 is 5.96 Å². The molecule has 0 atom stereocenters. The van der Waals surface area contributed by atoms with E-state index in [1.54, 1.807) is 0 Å². The van der Waals surface area contributed by atoms with Gasteiger partial charge in [-0.15, -0.1) is 0 Å². The maximum absolute atomic E-state index is 5.26. The fraction of sp³-hybridized carbons (Fsp3) is 0.889. The average molecular weight is 171 g/mol. The van der Waals surface area contributed by atoms with Crippen molar-refractivity contribution in [3.63, 3.8) is 0 Å². The number of nitrogens with two attached hydrogens (primary N) is 2. The molecule has 12 heavy (non-hydrogen) atoms. The van der Waals surface area contributed by atoms with E-state index in [9.17, 15) is 0 Å². The van der Waals surface area contributed by atoms with E-state index in [2.05, 4.69) is 18.8 Å². The lowest BCUT2D eigenvalue weighted by atomic mass is 9.99. The average Bonchev–Trinajstić information content (AvgIpc) is 2.01. The van der Waals surface area contributed by atoms with Gasteiger partial charge in [0.1, 0.15) is 0 Å². The van der Waals surface area contributed by atoms with Gasteiger partial charge in [-0.2, -0.15) is 0 Å². The quantitative estimate of drug-likeness (QED) is 0.469. The maximum atomic E-state index is 5.26. The van der Waals surface area contributed by atoms with Gasteiger partial charge in [-0.05, 0) is 18.8 Å². The summed E-state index contributed by atoms with van der Waals surface area (Å²) in [5, 5.41) is 0. The number of hydrogen-bond donors (Lipinski definition) is 2. The predicted octanol–water partition coefficient (Wildman–Crippen LogP) is 1.48. The van der Waals surface area contributed by atoms with Gasteiger partial charge in [0.05, 0.1) is 0 Å². The summed E-state index contributed by atoms with van der Waals surface area (Å²) in [6, 6.07) is 0. The van der Waals surface area contributed by atoms with Crippen LogP contribution in [0.4, 0.5) is 0 Å². The molecular formula is C9H21N3. The summed E-state index contributed by atoms with van der Waals surface area (Å²) in [4.78, 5) is 4.03. The second kappa shape index (κ2) is 6.95. The second-order valence-electron chi connectivity index (χ2n) is 3.21. The van der Waals surface area contributed by atoms with E-state index in [0.717, 1.165) is 6.54 Å². The van der Waals surface area contributed by atoms with Crippen molar-refractivity contribution in [2.45, 2.75) is 39.5 Å². The first-order chi connectivity index (χ1) is 5.70. The Labute approximate surface area is 75.2 Å². The van der Waals surface area contributed by atoms with Crippen LogP contribution in [0.25, 0.3) is 0 Å². The summed E-state index contributed by atoms with van der Waals surface area (Å²) in [7, 11) is 0. The first-order valence-corrected chi connectivity index (χ1v) is 4.76. The molecule has 0 radical (unpaired) electrons. The van der Waals surface area contributed by atoms with Gasteiger partial charge < -0.3 is 11.5 Å². The Kier molecular flexibility index (Phi) is 6.53. The molecule has 0 saturated carbocycles.